The Morgan fingerprint density at radius 3 is 2.91 bits per heavy atom. The second kappa shape index (κ2) is 8.38. The van der Waals surface area contributed by atoms with Crippen LogP contribution < -0.4 is 15.1 Å². The third kappa shape index (κ3) is 5.04. The van der Waals surface area contributed by atoms with E-state index in [1.54, 1.807) is 12.1 Å². The van der Waals surface area contributed by atoms with Gasteiger partial charge in [-0.05, 0) is 43.0 Å². The maximum atomic E-state index is 11.8. The Bertz CT molecular complexity index is 525. The summed E-state index contributed by atoms with van der Waals surface area (Å²) in [5.41, 5.74) is 3.28. The van der Waals surface area contributed by atoms with Gasteiger partial charge in [-0.3, -0.25) is 4.79 Å². The maximum Gasteiger partial charge on any atom is 0.245 e. The first-order valence-corrected chi connectivity index (χ1v) is 7.71. The highest BCUT2D eigenvalue weighted by Crippen LogP contribution is 2.25. The summed E-state index contributed by atoms with van der Waals surface area (Å²) in [6, 6.07) is 4.88. The minimum Gasteiger partial charge on any atom is -0.504 e. The second-order valence-electron chi connectivity index (χ2n) is 5.54. The molecular weight excluding hydrogens is 282 g/mol. The van der Waals surface area contributed by atoms with Crippen molar-refractivity contribution in [2.45, 2.75) is 25.7 Å². The van der Waals surface area contributed by atoms with Crippen LogP contribution in [-0.4, -0.2) is 44.0 Å². The minimum absolute atomic E-state index is 0.0694. The van der Waals surface area contributed by atoms with Crippen LogP contribution in [0.5, 0.6) is 11.5 Å². The molecule has 120 valence electrons. The number of hydrogen-bond acceptors (Lipinski definition) is 4. The van der Waals surface area contributed by atoms with E-state index in [2.05, 4.69) is 10.5 Å². The Kier molecular flexibility index (Phi) is 6.21. The Morgan fingerprint density at radius 2 is 2.18 bits per heavy atom. The number of rotatable bonds is 6. The van der Waals surface area contributed by atoms with Crippen LogP contribution in [0, 0.1) is 0 Å². The van der Waals surface area contributed by atoms with Gasteiger partial charge in [-0.25, -0.2) is 5.43 Å². The number of nitrogens with one attached hydrogen (secondary N) is 2. The number of phenolic OH excluding ortho intramolecular Hbond substituents is 1. The summed E-state index contributed by atoms with van der Waals surface area (Å²) in [4.78, 5) is 13.3. The summed E-state index contributed by atoms with van der Waals surface area (Å²) in [6.45, 7) is 3.21. The first-order valence-electron chi connectivity index (χ1n) is 7.71. The van der Waals surface area contributed by atoms with E-state index in [0.717, 1.165) is 12.1 Å². The van der Waals surface area contributed by atoms with E-state index < -0.39 is 0 Å². The summed E-state index contributed by atoms with van der Waals surface area (Å²) in [7, 11) is 1.49. The lowest BCUT2D eigenvalue weighted by molar-refractivity contribution is -0.904. The van der Waals surface area contributed by atoms with E-state index in [9.17, 15) is 9.90 Å². The lowest BCUT2D eigenvalue weighted by Gasteiger charge is -2.22. The Balaban J connectivity index is 1.75. The molecule has 6 nitrogen and oxygen atoms in total. The normalized spacial score (nSPS) is 15.9. The number of aromatic hydroxyl groups is 1. The molecule has 1 fully saturated rings. The lowest BCUT2D eigenvalue weighted by Crippen LogP contribution is -3.12. The van der Waals surface area contributed by atoms with Crippen molar-refractivity contribution in [3.63, 3.8) is 0 Å². The highest BCUT2D eigenvalue weighted by molar-refractivity contribution is 5.83. The highest BCUT2D eigenvalue weighted by atomic mass is 16.5. The summed E-state index contributed by atoms with van der Waals surface area (Å²) in [5.74, 6) is 0.386. The molecule has 0 unspecified atom stereocenters. The Hall–Kier alpha value is -2.08. The van der Waals surface area contributed by atoms with Crippen molar-refractivity contribution in [3.05, 3.63) is 23.8 Å². The number of phenols is 1. The third-order valence-electron chi connectivity index (χ3n) is 3.87. The molecule has 1 amide bonds. The predicted octanol–water partition coefficient (Wildman–Crippen LogP) is 0.310. The molecule has 1 heterocycles. The molecule has 0 bridgehead atoms. The monoisotopic (exact) mass is 306 g/mol. The van der Waals surface area contributed by atoms with Crippen LogP contribution in [0.4, 0.5) is 0 Å². The Labute approximate surface area is 130 Å². The summed E-state index contributed by atoms with van der Waals surface area (Å²) >= 11 is 0. The number of amides is 1. The zero-order valence-electron chi connectivity index (χ0n) is 13.0. The molecule has 0 saturated carbocycles. The van der Waals surface area contributed by atoms with Gasteiger partial charge in [0.25, 0.3) is 0 Å². The average Bonchev–Trinajstić information content (AvgIpc) is 2.55. The number of quaternary nitrogens is 1. The van der Waals surface area contributed by atoms with Crippen molar-refractivity contribution in [3.8, 4) is 11.5 Å². The fraction of sp³-hybridized carbons (Fsp3) is 0.500. The van der Waals surface area contributed by atoms with Gasteiger partial charge in [-0.2, -0.15) is 5.10 Å². The van der Waals surface area contributed by atoms with Crippen molar-refractivity contribution < 1.29 is 19.5 Å². The second-order valence-corrected chi connectivity index (χ2v) is 5.54. The number of hydrogen-bond donors (Lipinski definition) is 3. The van der Waals surface area contributed by atoms with Crippen molar-refractivity contribution in [1.82, 2.24) is 5.43 Å². The molecule has 0 aromatic heterocycles. The summed E-state index contributed by atoms with van der Waals surface area (Å²) in [5, 5.41) is 13.4. The number of hydrazone groups is 1. The van der Waals surface area contributed by atoms with E-state index in [-0.39, 0.29) is 11.7 Å². The zero-order chi connectivity index (χ0) is 15.8. The van der Waals surface area contributed by atoms with Crippen LogP contribution in [-0.2, 0) is 4.79 Å². The van der Waals surface area contributed by atoms with E-state index in [1.807, 2.05) is 0 Å². The molecule has 3 N–H and O–H groups in total. The molecule has 1 aliphatic rings. The number of benzene rings is 1. The van der Waals surface area contributed by atoms with Crippen LogP contribution in [0.2, 0.25) is 0 Å². The van der Waals surface area contributed by atoms with E-state index in [4.69, 9.17) is 4.74 Å². The topological polar surface area (TPSA) is 75.4 Å². The van der Waals surface area contributed by atoms with Gasteiger partial charge in [0.15, 0.2) is 11.5 Å². The van der Waals surface area contributed by atoms with Crippen molar-refractivity contribution in [2.24, 2.45) is 5.10 Å². The molecule has 22 heavy (non-hydrogen) atoms. The molecule has 0 aliphatic carbocycles. The van der Waals surface area contributed by atoms with Gasteiger partial charge in [-0.1, -0.05) is 0 Å². The number of ether oxygens (including phenoxy) is 1. The number of carbonyl (C=O) groups is 1. The van der Waals surface area contributed by atoms with E-state index >= 15 is 0 Å². The fourth-order valence-electron chi connectivity index (χ4n) is 2.60. The molecule has 0 spiro atoms. The summed E-state index contributed by atoms with van der Waals surface area (Å²) < 4.78 is 5.02. The molecular formula is C16H24N3O3+. The molecule has 1 aliphatic heterocycles. The van der Waals surface area contributed by atoms with Gasteiger partial charge in [0.2, 0.25) is 5.91 Å². The van der Waals surface area contributed by atoms with E-state index in [0.29, 0.717) is 12.2 Å². The van der Waals surface area contributed by atoms with Crippen molar-refractivity contribution in [2.75, 3.05) is 26.7 Å². The van der Waals surface area contributed by atoms with Crippen LogP contribution in [0.25, 0.3) is 0 Å². The predicted molar refractivity (Wildman–Crippen MR) is 84.4 cm³/mol. The van der Waals surface area contributed by atoms with Gasteiger partial charge in [0.1, 0.15) is 0 Å². The SMILES string of the molecule is COc1cc(C=NNC(=O)CC[NH+]2CCCCC2)ccc1O. The maximum absolute atomic E-state index is 11.8. The van der Waals surface area contributed by atoms with Gasteiger partial charge in [0.05, 0.1) is 39.4 Å². The minimum atomic E-state index is -0.0694. The third-order valence-corrected chi connectivity index (χ3v) is 3.87. The lowest BCUT2D eigenvalue weighted by atomic mass is 10.1. The molecule has 0 radical (unpaired) electrons. The van der Waals surface area contributed by atoms with Gasteiger partial charge in [0, 0.05) is 0 Å². The average molecular weight is 306 g/mol. The quantitative estimate of drug-likeness (QED) is 0.523. The molecule has 0 atom stereocenters. The first kappa shape index (κ1) is 16.3. The number of carbonyl (C=O) groups excluding carboxylic acids is 1. The largest absolute Gasteiger partial charge is 0.504 e. The van der Waals surface area contributed by atoms with Crippen molar-refractivity contribution in [1.29, 1.82) is 0 Å². The van der Waals surface area contributed by atoms with Crippen LogP contribution in [0.15, 0.2) is 23.3 Å². The molecule has 1 aromatic rings. The Morgan fingerprint density at radius 1 is 1.41 bits per heavy atom. The molecule has 6 heteroatoms. The number of likely N-dealkylation sites (tertiary alicyclic amines) is 1. The molecule has 1 aromatic carbocycles. The fourth-order valence-corrected chi connectivity index (χ4v) is 2.60. The van der Waals surface area contributed by atoms with Gasteiger partial charge in [-0.15, -0.1) is 0 Å². The van der Waals surface area contributed by atoms with Gasteiger partial charge >= 0.3 is 0 Å². The van der Waals surface area contributed by atoms with Crippen molar-refractivity contribution >= 4 is 12.1 Å². The van der Waals surface area contributed by atoms with Crippen LogP contribution >= 0.6 is 0 Å². The number of methoxy groups -OCH3 is 1. The smallest absolute Gasteiger partial charge is 0.245 e. The molecule has 1 saturated heterocycles. The van der Waals surface area contributed by atoms with Crippen LogP contribution in [0.3, 0.4) is 0 Å². The number of piperidine rings is 1. The highest BCUT2D eigenvalue weighted by Gasteiger charge is 2.14. The van der Waals surface area contributed by atoms with Crippen LogP contribution in [0.1, 0.15) is 31.2 Å². The summed E-state index contributed by atoms with van der Waals surface area (Å²) in [6.07, 6.45) is 5.87. The molecule has 2 rings (SSSR count). The van der Waals surface area contributed by atoms with E-state index in [1.165, 1.54) is 56.6 Å². The first-order chi connectivity index (χ1) is 10.7. The number of nitrogens with zero attached hydrogens (tertiary/aromatic N) is 1. The van der Waals surface area contributed by atoms with Gasteiger partial charge < -0.3 is 14.7 Å². The zero-order valence-corrected chi connectivity index (χ0v) is 13.0. The standard InChI is InChI=1S/C16H23N3O3/c1-22-15-11-13(5-6-14(15)20)12-17-18-16(21)7-10-19-8-3-2-4-9-19/h5-6,11-12,20H,2-4,7-10H2,1H3,(H,18,21)/p+1.